The molecule has 3 aliphatic heterocycles. The van der Waals surface area contributed by atoms with Gasteiger partial charge in [-0.05, 0) is 0 Å². The van der Waals surface area contributed by atoms with Crippen LogP contribution < -0.4 is 0 Å². The van der Waals surface area contributed by atoms with Crippen molar-refractivity contribution in [3.8, 4) is 0 Å². The maximum absolute atomic E-state index is 10.5. The summed E-state index contributed by atoms with van der Waals surface area (Å²) in [7, 11) is -1.26. The second-order valence-electron chi connectivity index (χ2n) is 2.53. The smallest absolute Gasteiger partial charge is 0.304 e. The zero-order valence-corrected chi connectivity index (χ0v) is 6.45. The largest absolute Gasteiger partial charge is 0.333 e. The van der Waals surface area contributed by atoms with Crippen molar-refractivity contribution < 1.29 is 18.5 Å². The fourth-order valence-electron chi connectivity index (χ4n) is 0.913. The predicted molar refractivity (Wildman–Crippen MR) is 34.5 cm³/mol. The van der Waals surface area contributed by atoms with E-state index in [4.69, 9.17) is 13.6 Å². The number of rotatable bonds is 1. The van der Waals surface area contributed by atoms with Crippen molar-refractivity contribution in [3.05, 3.63) is 10.1 Å². The minimum Gasteiger partial charge on any atom is -0.304 e. The van der Waals surface area contributed by atoms with Crippen LogP contribution in [0.2, 0.25) is 0 Å². The Morgan fingerprint density at radius 3 is 2.00 bits per heavy atom. The molecule has 7 heteroatoms. The van der Waals surface area contributed by atoms with Crippen LogP contribution >= 0.6 is 8.60 Å². The molecule has 0 saturated carbocycles. The fraction of sp³-hybridized carbons (Fsp3) is 1.00. The van der Waals surface area contributed by atoms with Crippen molar-refractivity contribution in [2.75, 3.05) is 19.8 Å². The number of nitro groups is 1. The molecular formula is C4H6NO5P. The molecule has 0 aliphatic carbocycles. The average molecular weight is 179 g/mol. The Bertz CT molecular complexity index is 175. The monoisotopic (exact) mass is 179 g/mol. The van der Waals surface area contributed by atoms with E-state index in [2.05, 4.69) is 0 Å². The number of fused-ring (bicyclic) bond motifs is 3. The predicted octanol–water partition coefficient (Wildman–Crippen LogP) is 0.306. The van der Waals surface area contributed by atoms with Crippen molar-refractivity contribution in [1.29, 1.82) is 0 Å². The quantitative estimate of drug-likeness (QED) is 0.329. The molecule has 6 nitrogen and oxygen atoms in total. The first kappa shape index (κ1) is 7.36. The van der Waals surface area contributed by atoms with Crippen molar-refractivity contribution in [1.82, 2.24) is 0 Å². The summed E-state index contributed by atoms with van der Waals surface area (Å²) in [4.78, 5) is 10.1. The fourth-order valence-corrected chi connectivity index (χ4v) is 2.17. The topological polar surface area (TPSA) is 70.8 Å². The van der Waals surface area contributed by atoms with Gasteiger partial charge >= 0.3 is 8.60 Å². The van der Waals surface area contributed by atoms with E-state index >= 15 is 0 Å². The van der Waals surface area contributed by atoms with Gasteiger partial charge in [-0.2, -0.15) is 0 Å². The standard InChI is InChI=1S/C4H6NO5P/c6-5(7)4-1-8-11(9-2-4)10-3-4/h1-3H2. The third kappa shape index (κ3) is 1.03. The Balaban J connectivity index is 2.18. The molecule has 3 aliphatic rings. The van der Waals surface area contributed by atoms with Crippen LogP contribution in [-0.2, 0) is 13.6 Å². The second-order valence-corrected chi connectivity index (χ2v) is 3.75. The molecule has 3 saturated heterocycles. The number of nitrogens with zero attached hydrogens (tertiary/aromatic N) is 1. The average Bonchev–Trinajstić information content (AvgIpc) is 2.08. The third-order valence-electron chi connectivity index (χ3n) is 1.70. The van der Waals surface area contributed by atoms with Gasteiger partial charge in [0.2, 0.25) is 0 Å². The van der Waals surface area contributed by atoms with Gasteiger partial charge in [0.1, 0.15) is 19.8 Å². The first-order valence-corrected chi connectivity index (χ1v) is 4.16. The SMILES string of the molecule is O=[N+]([O-])C12COP(OC1)OC2. The molecule has 11 heavy (non-hydrogen) atoms. The Labute approximate surface area is 63.6 Å². The van der Waals surface area contributed by atoms with Crippen molar-refractivity contribution in [3.63, 3.8) is 0 Å². The van der Waals surface area contributed by atoms with Crippen LogP contribution in [0.4, 0.5) is 0 Å². The minimum atomic E-state index is -1.26. The van der Waals surface area contributed by atoms with E-state index in [1.807, 2.05) is 0 Å². The van der Waals surface area contributed by atoms with Gasteiger partial charge in [0.15, 0.2) is 0 Å². The van der Waals surface area contributed by atoms with E-state index in [1.54, 1.807) is 0 Å². The van der Waals surface area contributed by atoms with E-state index < -0.39 is 19.1 Å². The maximum Gasteiger partial charge on any atom is 0.333 e. The van der Waals surface area contributed by atoms with Gasteiger partial charge in [-0.1, -0.05) is 0 Å². The van der Waals surface area contributed by atoms with E-state index in [9.17, 15) is 10.1 Å². The lowest BCUT2D eigenvalue weighted by atomic mass is 10.1. The number of hydrogen-bond acceptors (Lipinski definition) is 5. The van der Waals surface area contributed by atoms with Gasteiger partial charge in [0, 0.05) is 4.92 Å². The van der Waals surface area contributed by atoms with Gasteiger partial charge < -0.3 is 13.6 Å². The van der Waals surface area contributed by atoms with Crippen LogP contribution in [0.1, 0.15) is 0 Å². The lowest BCUT2D eigenvalue weighted by molar-refractivity contribution is -0.585. The van der Waals surface area contributed by atoms with Crippen molar-refractivity contribution >= 4 is 8.60 Å². The Hall–Kier alpha value is -0.290. The first-order valence-electron chi connectivity index (χ1n) is 3.06. The van der Waals surface area contributed by atoms with E-state index in [0.29, 0.717) is 0 Å². The van der Waals surface area contributed by atoms with Gasteiger partial charge in [-0.3, -0.25) is 10.1 Å². The summed E-state index contributed by atoms with van der Waals surface area (Å²) < 4.78 is 14.8. The normalized spacial score (nSPS) is 42.4. The Kier molecular flexibility index (Phi) is 1.57. The van der Waals surface area contributed by atoms with Crippen molar-refractivity contribution in [2.24, 2.45) is 0 Å². The highest BCUT2D eigenvalue weighted by atomic mass is 31.2. The van der Waals surface area contributed by atoms with Crippen LogP contribution in [0, 0.1) is 10.1 Å². The summed E-state index contributed by atoms with van der Waals surface area (Å²) >= 11 is 0. The highest BCUT2D eigenvalue weighted by Crippen LogP contribution is 2.50. The van der Waals surface area contributed by atoms with Crippen molar-refractivity contribution in [2.45, 2.75) is 5.54 Å². The molecule has 2 bridgehead atoms. The van der Waals surface area contributed by atoms with Crippen LogP contribution in [-0.4, -0.2) is 30.3 Å². The molecule has 3 heterocycles. The summed E-state index contributed by atoms with van der Waals surface area (Å²) in [5.41, 5.74) is -1.14. The van der Waals surface area contributed by atoms with E-state index in [-0.39, 0.29) is 19.8 Å². The highest BCUT2D eigenvalue weighted by molar-refractivity contribution is 7.41. The van der Waals surface area contributed by atoms with E-state index in [1.165, 1.54) is 0 Å². The lowest BCUT2D eigenvalue weighted by Crippen LogP contribution is -2.55. The van der Waals surface area contributed by atoms with Gasteiger partial charge in [0.25, 0.3) is 5.54 Å². The molecule has 0 aromatic carbocycles. The summed E-state index contributed by atoms with van der Waals surface area (Å²) in [6, 6.07) is 0. The summed E-state index contributed by atoms with van der Waals surface area (Å²) in [5.74, 6) is 0. The molecule has 0 atom stereocenters. The molecule has 3 fully saturated rings. The molecular weight excluding hydrogens is 173 g/mol. The number of hydrogen-bond donors (Lipinski definition) is 0. The summed E-state index contributed by atoms with van der Waals surface area (Å²) in [6.07, 6.45) is 0. The highest BCUT2D eigenvalue weighted by Gasteiger charge is 2.54. The molecule has 3 rings (SSSR count). The van der Waals surface area contributed by atoms with Crippen LogP contribution in [0.3, 0.4) is 0 Å². The molecule has 0 unspecified atom stereocenters. The van der Waals surface area contributed by atoms with Gasteiger partial charge in [0.05, 0.1) is 0 Å². The minimum absolute atomic E-state index is 0.117. The molecule has 0 aromatic rings. The molecule has 0 aromatic heterocycles. The van der Waals surface area contributed by atoms with Crippen LogP contribution in [0.15, 0.2) is 0 Å². The van der Waals surface area contributed by atoms with Crippen LogP contribution in [0.5, 0.6) is 0 Å². The maximum atomic E-state index is 10.5. The molecule has 0 radical (unpaired) electrons. The Morgan fingerprint density at radius 2 is 1.73 bits per heavy atom. The first-order chi connectivity index (χ1) is 5.23. The second kappa shape index (κ2) is 2.35. The molecule has 0 amide bonds. The Morgan fingerprint density at radius 1 is 1.27 bits per heavy atom. The van der Waals surface area contributed by atoms with Crippen LogP contribution in [0.25, 0.3) is 0 Å². The summed E-state index contributed by atoms with van der Waals surface area (Å²) in [6.45, 7) is 0.350. The molecule has 0 spiro atoms. The third-order valence-corrected chi connectivity index (χ3v) is 2.72. The molecule has 0 N–H and O–H groups in total. The summed E-state index contributed by atoms with van der Waals surface area (Å²) in [5, 5.41) is 10.5. The zero-order valence-electron chi connectivity index (χ0n) is 5.56. The van der Waals surface area contributed by atoms with Gasteiger partial charge in [-0.15, -0.1) is 0 Å². The molecule has 62 valence electrons. The lowest BCUT2D eigenvalue weighted by Gasteiger charge is -2.37. The van der Waals surface area contributed by atoms with E-state index in [0.717, 1.165) is 0 Å². The zero-order chi connectivity index (χ0) is 7.90. The van der Waals surface area contributed by atoms with Gasteiger partial charge in [-0.25, -0.2) is 0 Å².